The number of halogens is 1. The number of ether oxygens (including phenoxy) is 1. The normalized spacial score (nSPS) is 25.0. The van der Waals surface area contributed by atoms with E-state index in [1.54, 1.807) is 6.07 Å². The molecule has 1 aliphatic rings. The van der Waals surface area contributed by atoms with Crippen molar-refractivity contribution in [3.05, 3.63) is 35.8 Å². The fourth-order valence-electron chi connectivity index (χ4n) is 2.97. The Morgan fingerprint density at radius 3 is 2.89 bits per heavy atom. The molecule has 0 radical (unpaired) electrons. The molecule has 2 atom stereocenters. The average molecular weight is 263 g/mol. The molecule has 102 valence electrons. The minimum absolute atomic E-state index is 0.0678. The van der Waals surface area contributed by atoms with Gasteiger partial charge in [0, 0.05) is 12.0 Å². The van der Waals surface area contributed by atoms with Gasteiger partial charge in [0.05, 0.1) is 11.6 Å². The van der Waals surface area contributed by atoms with E-state index in [1.807, 2.05) is 19.2 Å². The number of nitrogens with one attached hydrogen (secondary N) is 1. The topological polar surface area (TPSA) is 34.4 Å². The van der Waals surface area contributed by atoms with Crippen molar-refractivity contribution < 1.29 is 13.5 Å². The van der Waals surface area contributed by atoms with Crippen molar-refractivity contribution in [2.24, 2.45) is 0 Å². The summed E-state index contributed by atoms with van der Waals surface area (Å²) in [6.45, 7) is 2.84. The van der Waals surface area contributed by atoms with Gasteiger partial charge in [0.15, 0.2) is 11.4 Å². The van der Waals surface area contributed by atoms with Crippen LogP contribution in [0.15, 0.2) is 28.7 Å². The maximum absolute atomic E-state index is 13.7. The zero-order valence-corrected chi connectivity index (χ0v) is 11.2. The molecule has 3 nitrogen and oxygen atoms in total. The number of furan rings is 1. The Labute approximate surface area is 111 Å². The van der Waals surface area contributed by atoms with E-state index in [0.29, 0.717) is 5.58 Å². The van der Waals surface area contributed by atoms with Crippen molar-refractivity contribution >= 4 is 11.0 Å². The maximum Gasteiger partial charge on any atom is 0.169 e. The third-order valence-electron chi connectivity index (χ3n) is 3.95. The summed E-state index contributed by atoms with van der Waals surface area (Å²) in [6, 6.07) is 6.79. The Balaban J connectivity index is 2.04. The molecule has 1 saturated heterocycles. The highest BCUT2D eigenvalue weighted by Gasteiger charge is 2.40. The van der Waals surface area contributed by atoms with E-state index in [0.717, 1.165) is 30.6 Å². The van der Waals surface area contributed by atoms with E-state index in [2.05, 4.69) is 12.2 Å². The molecular weight excluding hydrogens is 245 g/mol. The molecule has 0 bridgehead atoms. The second-order valence-electron chi connectivity index (χ2n) is 5.29. The lowest BCUT2D eigenvalue weighted by atomic mass is 9.91. The van der Waals surface area contributed by atoms with E-state index < -0.39 is 0 Å². The van der Waals surface area contributed by atoms with Crippen molar-refractivity contribution in [3.8, 4) is 0 Å². The van der Waals surface area contributed by atoms with Crippen LogP contribution in [0.4, 0.5) is 4.39 Å². The van der Waals surface area contributed by atoms with Gasteiger partial charge in [-0.25, -0.2) is 4.39 Å². The Morgan fingerprint density at radius 2 is 2.26 bits per heavy atom. The van der Waals surface area contributed by atoms with Crippen LogP contribution in [0.5, 0.6) is 0 Å². The van der Waals surface area contributed by atoms with Gasteiger partial charge in [-0.15, -0.1) is 0 Å². The number of para-hydroxylation sites is 1. The van der Waals surface area contributed by atoms with Crippen LogP contribution in [0.3, 0.4) is 0 Å². The summed E-state index contributed by atoms with van der Waals surface area (Å²) in [4.78, 5) is 0. The standard InChI is InChI=1S/C15H18FNO2/c1-15(7-4-8-18-15)14(17-2)12-9-10-5-3-6-11(16)13(10)19-12/h3,5-6,9,14,17H,4,7-8H2,1-2H3. The molecule has 0 saturated carbocycles. The molecule has 2 heterocycles. The summed E-state index contributed by atoms with van der Waals surface area (Å²) < 4.78 is 25.3. The van der Waals surface area contributed by atoms with E-state index in [4.69, 9.17) is 9.15 Å². The predicted octanol–water partition coefficient (Wildman–Crippen LogP) is 3.40. The number of rotatable bonds is 3. The van der Waals surface area contributed by atoms with Crippen molar-refractivity contribution in [2.45, 2.75) is 31.4 Å². The van der Waals surface area contributed by atoms with Crippen LogP contribution in [0.25, 0.3) is 11.0 Å². The second kappa shape index (κ2) is 4.62. The monoisotopic (exact) mass is 263 g/mol. The van der Waals surface area contributed by atoms with Gasteiger partial charge in [0.25, 0.3) is 0 Å². The smallest absolute Gasteiger partial charge is 0.169 e. The fraction of sp³-hybridized carbons (Fsp3) is 0.467. The lowest BCUT2D eigenvalue weighted by molar-refractivity contribution is -0.0156. The third-order valence-corrected chi connectivity index (χ3v) is 3.95. The Bertz CT molecular complexity index is 587. The highest BCUT2D eigenvalue weighted by molar-refractivity contribution is 5.78. The zero-order valence-electron chi connectivity index (χ0n) is 11.2. The van der Waals surface area contributed by atoms with Crippen LogP contribution in [0, 0.1) is 5.82 Å². The molecule has 0 spiro atoms. The number of fused-ring (bicyclic) bond motifs is 1. The van der Waals surface area contributed by atoms with Crippen LogP contribution >= 0.6 is 0 Å². The molecule has 0 aliphatic carbocycles. The van der Waals surface area contributed by atoms with Crippen LogP contribution in [0.2, 0.25) is 0 Å². The zero-order chi connectivity index (χ0) is 13.5. The van der Waals surface area contributed by atoms with E-state index >= 15 is 0 Å². The molecule has 2 aromatic rings. The quantitative estimate of drug-likeness (QED) is 0.921. The van der Waals surface area contributed by atoms with E-state index in [-0.39, 0.29) is 17.5 Å². The molecule has 1 aromatic carbocycles. The number of hydrogen-bond acceptors (Lipinski definition) is 3. The van der Waals surface area contributed by atoms with Gasteiger partial charge in [0.2, 0.25) is 0 Å². The molecule has 0 amide bonds. The molecule has 1 N–H and O–H groups in total. The van der Waals surface area contributed by atoms with Gasteiger partial charge < -0.3 is 14.5 Å². The first-order chi connectivity index (χ1) is 9.14. The SMILES string of the molecule is CNC(c1cc2cccc(F)c2o1)C1(C)CCCO1. The Hall–Kier alpha value is -1.39. The molecule has 4 heteroatoms. The minimum atomic E-state index is -0.323. The molecular formula is C15H18FNO2. The van der Waals surface area contributed by atoms with Crippen molar-refractivity contribution in [2.75, 3.05) is 13.7 Å². The predicted molar refractivity (Wildman–Crippen MR) is 71.6 cm³/mol. The molecule has 1 aliphatic heterocycles. The van der Waals surface area contributed by atoms with Crippen molar-refractivity contribution in [1.29, 1.82) is 0 Å². The van der Waals surface area contributed by atoms with Gasteiger partial charge in [0.1, 0.15) is 5.76 Å². The van der Waals surface area contributed by atoms with Gasteiger partial charge in [-0.05, 0) is 38.9 Å². The average Bonchev–Trinajstić information content (AvgIpc) is 2.98. The van der Waals surface area contributed by atoms with Crippen LogP contribution < -0.4 is 5.32 Å². The van der Waals surface area contributed by atoms with E-state index in [1.165, 1.54) is 6.07 Å². The second-order valence-corrected chi connectivity index (χ2v) is 5.29. The van der Waals surface area contributed by atoms with E-state index in [9.17, 15) is 4.39 Å². The summed E-state index contributed by atoms with van der Waals surface area (Å²) in [6.07, 6.45) is 2.02. The largest absolute Gasteiger partial charge is 0.456 e. The maximum atomic E-state index is 13.7. The van der Waals surface area contributed by atoms with Crippen LogP contribution in [-0.4, -0.2) is 19.3 Å². The summed E-state index contributed by atoms with van der Waals surface area (Å²) in [5, 5.41) is 4.03. The summed E-state index contributed by atoms with van der Waals surface area (Å²) >= 11 is 0. The molecule has 1 aromatic heterocycles. The summed E-state index contributed by atoms with van der Waals surface area (Å²) in [7, 11) is 1.88. The lowest BCUT2D eigenvalue weighted by Crippen LogP contribution is -2.39. The first-order valence-corrected chi connectivity index (χ1v) is 6.63. The summed E-state index contributed by atoms with van der Waals surface area (Å²) in [5.74, 6) is 0.406. The molecule has 19 heavy (non-hydrogen) atoms. The number of likely N-dealkylation sites (N-methyl/N-ethyl adjacent to an activating group) is 1. The molecule has 3 rings (SSSR count). The first-order valence-electron chi connectivity index (χ1n) is 6.63. The Morgan fingerprint density at radius 1 is 1.42 bits per heavy atom. The highest BCUT2D eigenvalue weighted by Crippen LogP contribution is 2.39. The molecule has 2 unspecified atom stereocenters. The van der Waals surface area contributed by atoms with Gasteiger partial charge in [-0.3, -0.25) is 0 Å². The third kappa shape index (κ3) is 2.05. The minimum Gasteiger partial charge on any atom is -0.456 e. The van der Waals surface area contributed by atoms with Crippen LogP contribution in [-0.2, 0) is 4.74 Å². The summed E-state index contributed by atoms with van der Waals surface area (Å²) in [5.41, 5.74) is 0.0263. The Kier molecular flexibility index (Phi) is 3.07. The van der Waals surface area contributed by atoms with Crippen molar-refractivity contribution in [1.82, 2.24) is 5.32 Å². The number of benzene rings is 1. The fourth-order valence-corrected chi connectivity index (χ4v) is 2.97. The highest BCUT2D eigenvalue weighted by atomic mass is 19.1. The van der Waals surface area contributed by atoms with Gasteiger partial charge >= 0.3 is 0 Å². The lowest BCUT2D eigenvalue weighted by Gasteiger charge is -2.31. The van der Waals surface area contributed by atoms with Gasteiger partial charge in [-0.2, -0.15) is 0 Å². The van der Waals surface area contributed by atoms with Crippen molar-refractivity contribution in [3.63, 3.8) is 0 Å². The first kappa shape index (κ1) is 12.6. The van der Waals surface area contributed by atoms with Gasteiger partial charge in [-0.1, -0.05) is 12.1 Å². The van der Waals surface area contributed by atoms with Crippen LogP contribution in [0.1, 0.15) is 31.6 Å². The molecule has 1 fully saturated rings. The number of hydrogen-bond donors (Lipinski definition) is 1.